The van der Waals surface area contributed by atoms with E-state index >= 15 is 0 Å². The third-order valence-corrected chi connectivity index (χ3v) is 5.93. The lowest BCUT2D eigenvalue weighted by atomic mass is 9.98. The highest BCUT2D eigenvalue weighted by Crippen LogP contribution is 2.32. The van der Waals surface area contributed by atoms with Gasteiger partial charge in [0.2, 0.25) is 0 Å². The van der Waals surface area contributed by atoms with E-state index in [1.807, 2.05) is 32.9 Å². The van der Waals surface area contributed by atoms with Crippen LogP contribution in [-0.4, -0.2) is 17.6 Å². The fourth-order valence-corrected chi connectivity index (χ4v) is 4.07. The number of allylic oxidation sites excluding steroid dienone is 4. The van der Waals surface area contributed by atoms with Gasteiger partial charge in [-0.1, -0.05) is 42.5 Å². The van der Waals surface area contributed by atoms with Gasteiger partial charge in [0, 0.05) is 23.7 Å². The van der Waals surface area contributed by atoms with Crippen LogP contribution in [0.2, 0.25) is 0 Å². The molecule has 0 saturated carbocycles. The molecule has 0 radical (unpaired) electrons. The van der Waals surface area contributed by atoms with Crippen LogP contribution >= 0.6 is 0 Å². The molecule has 2 aromatic carbocycles. The number of fused-ring (bicyclic) bond motifs is 1. The predicted molar refractivity (Wildman–Crippen MR) is 138 cm³/mol. The molecule has 0 spiro atoms. The van der Waals surface area contributed by atoms with Gasteiger partial charge in [-0.05, 0) is 64.0 Å². The van der Waals surface area contributed by atoms with E-state index in [1.165, 1.54) is 6.07 Å². The third-order valence-electron chi connectivity index (χ3n) is 5.93. The average Bonchev–Trinajstić information content (AvgIpc) is 2.83. The van der Waals surface area contributed by atoms with Crippen LogP contribution in [0.5, 0.6) is 0 Å². The molecule has 0 aliphatic carbocycles. The Balaban J connectivity index is 2.10. The number of rotatable bonds is 8. The molecule has 0 aliphatic rings. The number of carboxylic acids is 1. The molecule has 0 fully saturated rings. The Labute approximate surface area is 204 Å². The quantitative estimate of drug-likeness (QED) is 0.291. The van der Waals surface area contributed by atoms with Crippen LogP contribution in [0.25, 0.3) is 22.3 Å². The highest BCUT2D eigenvalue weighted by Gasteiger charge is 2.21. The van der Waals surface area contributed by atoms with E-state index in [0.717, 1.165) is 11.1 Å². The highest BCUT2D eigenvalue weighted by molar-refractivity contribution is 5.92. The van der Waals surface area contributed by atoms with Gasteiger partial charge in [-0.3, -0.25) is 4.79 Å². The first kappa shape index (κ1) is 25.8. The fraction of sp³-hybridized carbons (Fsp3) is 0.241. The zero-order valence-electron chi connectivity index (χ0n) is 20.6. The van der Waals surface area contributed by atoms with E-state index in [4.69, 9.17) is 4.42 Å². The van der Waals surface area contributed by atoms with Gasteiger partial charge in [-0.2, -0.15) is 0 Å². The lowest BCUT2D eigenvalue weighted by Gasteiger charge is -2.19. The maximum absolute atomic E-state index is 14.6. The Morgan fingerprint density at radius 2 is 1.91 bits per heavy atom. The molecule has 5 nitrogen and oxygen atoms in total. The summed E-state index contributed by atoms with van der Waals surface area (Å²) in [4.78, 5) is 25.0. The fourth-order valence-electron chi connectivity index (χ4n) is 4.07. The number of hydrogen-bond acceptors (Lipinski definition) is 4. The Morgan fingerprint density at radius 1 is 1.20 bits per heavy atom. The van der Waals surface area contributed by atoms with Gasteiger partial charge < -0.3 is 14.8 Å². The van der Waals surface area contributed by atoms with Crippen LogP contribution in [0.4, 0.5) is 4.39 Å². The van der Waals surface area contributed by atoms with Crippen molar-refractivity contribution >= 4 is 16.9 Å². The molecule has 3 rings (SSSR count). The zero-order chi connectivity index (χ0) is 25.7. The van der Waals surface area contributed by atoms with E-state index in [-0.39, 0.29) is 34.9 Å². The Morgan fingerprint density at radius 3 is 2.54 bits per heavy atom. The molecular formula is C29H30FNO4. The minimum absolute atomic E-state index is 0.202. The molecule has 1 unspecified atom stereocenters. The Bertz CT molecular complexity index is 1410. The number of benzene rings is 2. The van der Waals surface area contributed by atoms with Crippen LogP contribution in [0.3, 0.4) is 0 Å². The number of hydrogen-bond donors (Lipinski definition) is 2. The second-order valence-corrected chi connectivity index (χ2v) is 8.42. The predicted octanol–water partition coefficient (Wildman–Crippen LogP) is 6.40. The molecule has 35 heavy (non-hydrogen) atoms. The van der Waals surface area contributed by atoms with E-state index in [2.05, 4.69) is 5.32 Å². The first-order chi connectivity index (χ1) is 16.7. The molecule has 6 heteroatoms. The summed E-state index contributed by atoms with van der Waals surface area (Å²) in [6.45, 7) is 9.28. The molecule has 0 bridgehead atoms. The van der Waals surface area contributed by atoms with Crippen molar-refractivity contribution in [3.8, 4) is 11.3 Å². The van der Waals surface area contributed by atoms with E-state index in [1.54, 1.807) is 56.3 Å². The number of aryl methyl sites for hydroxylation is 1. The van der Waals surface area contributed by atoms with Crippen LogP contribution in [-0.2, 0) is 4.79 Å². The summed E-state index contributed by atoms with van der Waals surface area (Å²) in [5.74, 6) is -1.27. The maximum Gasteiger partial charge on any atom is 0.335 e. The smallest absolute Gasteiger partial charge is 0.335 e. The van der Waals surface area contributed by atoms with Gasteiger partial charge in [0.15, 0.2) is 5.43 Å². The van der Waals surface area contributed by atoms with Crippen molar-refractivity contribution in [2.45, 2.75) is 40.7 Å². The molecular weight excluding hydrogens is 445 g/mol. The van der Waals surface area contributed by atoms with Crippen LogP contribution in [0.1, 0.15) is 43.5 Å². The van der Waals surface area contributed by atoms with Gasteiger partial charge >= 0.3 is 5.97 Å². The van der Waals surface area contributed by atoms with Gasteiger partial charge in [-0.15, -0.1) is 0 Å². The molecule has 0 saturated heterocycles. The highest BCUT2D eigenvalue weighted by atomic mass is 19.1. The van der Waals surface area contributed by atoms with Crippen molar-refractivity contribution < 1.29 is 18.7 Å². The van der Waals surface area contributed by atoms with Crippen molar-refractivity contribution in [2.24, 2.45) is 0 Å². The molecule has 3 aromatic rings. The molecule has 2 N–H and O–H groups in total. The summed E-state index contributed by atoms with van der Waals surface area (Å²) in [5.41, 5.74) is 3.19. The summed E-state index contributed by atoms with van der Waals surface area (Å²) in [6, 6.07) is 9.61. The average molecular weight is 476 g/mol. The van der Waals surface area contributed by atoms with Crippen LogP contribution < -0.4 is 10.7 Å². The summed E-state index contributed by atoms with van der Waals surface area (Å²) in [5, 5.41) is 13.4. The van der Waals surface area contributed by atoms with Gasteiger partial charge in [0.25, 0.3) is 0 Å². The van der Waals surface area contributed by atoms with E-state index in [0.29, 0.717) is 22.1 Å². The molecule has 182 valence electrons. The summed E-state index contributed by atoms with van der Waals surface area (Å²) in [7, 11) is 0. The topological polar surface area (TPSA) is 79.5 Å². The van der Waals surface area contributed by atoms with Crippen molar-refractivity contribution in [2.75, 3.05) is 6.54 Å². The number of carboxylic acid groups (broad SMARTS) is 1. The molecule has 1 aromatic heterocycles. The lowest BCUT2D eigenvalue weighted by molar-refractivity contribution is -0.132. The summed E-state index contributed by atoms with van der Waals surface area (Å²) in [6.07, 6.45) is 6.94. The molecule has 1 heterocycles. The first-order valence-corrected chi connectivity index (χ1v) is 11.5. The normalized spacial score (nSPS) is 13.5. The summed E-state index contributed by atoms with van der Waals surface area (Å²) < 4.78 is 20.8. The van der Waals surface area contributed by atoms with E-state index in [9.17, 15) is 19.1 Å². The standard InChI is InChI=1S/C29H30FNO4/c1-6-8-11-20(21(7-2)29(33)34)16-31-19(5)23-14-17(3)15-24-26(32)18(4)27(35-28(23)24)22-12-9-10-13-25(22)30/h6-15,19,31H,16H2,1-5H3,(H,33,34)/b8-6-,20-11-,21-7-. The Hall–Kier alpha value is -3.77. The SMILES string of the molecule is C\C=C/C=C(CNC(C)c1cc(C)cc2c(=O)c(C)c(-c3ccccc3F)oc12)\C(=C\C)C(=O)O. The van der Waals surface area contributed by atoms with Crippen molar-refractivity contribution in [3.63, 3.8) is 0 Å². The van der Waals surface area contributed by atoms with Gasteiger partial charge in [-0.25, -0.2) is 9.18 Å². The van der Waals surface area contributed by atoms with E-state index < -0.39 is 11.8 Å². The van der Waals surface area contributed by atoms with Gasteiger partial charge in [0.1, 0.15) is 17.2 Å². The first-order valence-electron chi connectivity index (χ1n) is 11.5. The van der Waals surface area contributed by atoms with Crippen molar-refractivity contribution in [1.29, 1.82) is 0 Å². The van der Waals surface area contributed by atoms with Crippen LogP contribution in [0.15, 0.2) is 81.1 Å². The minimum atomic E-state index is -1.00. The number of nitrogens with one attached hydrogen (secondary N) is 1. The largest absolute Gasteiger partial charge is 0.478 e. The lowest BCUT2D eigenvalue weighted by Crippen LogP contribution is -2.24. The third kappa shape index (κ3) is 5.49. The maximum atomic E-state index is 14.6. The van der Waals surface area contributed by atoms with Gasteiger partial charge in [0.05, 0.1) is 16.5 Å². The zero-order valence-corrected chi connectivity index (χ0v) is 20.6. The molecule has 0 aliphatic heterocycles. The number of halogens is 1. The van der Waals surface area contributed by atoms with Crippen LogP contribution in [0, 0.1) is 19.7 Å². The molecule has 1 atom stereocenters. The Kier molecular flexibility index (Phi) is 8.20. The second-order valence-electron chi connectivity index (χ2n) is 8.42. The summed E-state index contributed by atoms with van der Waals surface area (Å²) >= 11 is 0. The number of carbonyl (C=O) groups is 1. The monoisotopic (exact) mass is 475 g/mol. The number of aliphatic carboxylic acids is 1. The molecule has 0 amide bonds. The minimum Gasteiger partial charge on any atom is -0.478 e. The van der Waals surface area contributed by atoms with Crippen molar-refractivity contribution in [3.05, 3.63) is 105 Å². The second kappa shape index (κ2) is 11.1. The van der Waals surface area contributed by atoms with Crippen molar-refractivity contribution in [1.82, 2.24) is 5.32 Å².